The highest BCUT2D eigenvalue weighted by atomic mass is 15.2. The van der Waals surface area contributed by atoms with Gasteiger partial charge < -0.3 is 9.47 Å². The van der Waals surface area contributed by atoms with Crippen LogP contribution < -0.4 is 4.90 Å². The van der Waals surface area contributed by atoms with Crippen LogP contribution in [0.25, 0.3) is 0 Å². The van der Waals surface area contributed by atoms with Crippen molar-refractivity contribution in [2.45, 2.75) is 32.2 Å². The average Bonchev–Trinajstić information content (AvgIpc) is 3.11. The van der Waals surface area contributed by atoms with Crippen LogP contribution in [0.4, 0.5) is 5.82 Å². The lowest BCUT2D eigenvalue weighted by Gasteiger charge is -2.33. The molecule has 1 aliphatic heterocycles. The van der Waals surface area contributed by atoms with Crippen molar-refractivity contribution in [1.82, 2.24) is 19.5 Å². The number of hydrogen-bond donors (Lipinski definition) is 0. The molecule has 0 aromatic carbocycles. The summed E-state index contributed by atoms with van der Waals surface area (Å²) >= 11 is 0. The molecule has 0 radical (unpaired) electrons. The Kier molecular flexibility index (Phi) is 4.46. The topological polar surface area (TPSA) is 46.8 Å². The first-order valence-electron chi connectivity index (χ1n) is 8.87. The van der Waals surface area contributed by atoms with Crippen molar-refractivity contribution in [3.05, 3.63) is 72.2 Å². The third kappa shape index (κ3) is 3.55. The zero-order valence-corrected chi connectivity index (χ0v) is 14.5. The fraction of sp³-hybridized carbons (Fsp3) is 0.350. The molecule has 5 nitrogen and oxygen atoms in total. The van der Waals surface area contributed by atoms with Crippen molar-refractivity contribution in [2.24, 2.45) is 0 Å². The van der Waals surface area contributed by atoms with E-state index in [1.54, 1.807) is 0 Å². The predicted molar refractivity (Wildman–Crippen MR) is 98.7 cm³/mol. The number of aromatic nitrogens is 4. The van der Waals surface area contributed by atoms with Crippen LogP contribution in [0, 0.1) is 6.92 Å². The maximum atomic E-state index is 4.67. The molecular formula is C20H23N5. The van der Waals surface area contributed by atoms with Crippen LogP contribution in [-0.4, -0.2) is 32.6 Å². The SMILES string of the molecule is Cc1ccc(N2CCCC(c3nccn3Cc3cccnc3)C2)nc1. The van der Waals surface area contributed by atoms with E-state index in [9.17, 15) is 0 Å². The van der Waals surface area contributed by atoms with Crippen LogP contribution in [0.5, 0.6) is 0 Å². The van der Waals surface area contributed by atoms with Gasteiger partial charge in [0.05, 0.1) is 6.54 Å². The van der Waals surface area contributed by atoms with Gasteiger partial charge in [0.25, 0.3) is 0 Å². The summed E-state index contributed by atoms with van der Waals surface area (Å²) in [5.74, 6) is 2.67. The van der Waals surface area contributed by atoms with Gasteiger partial charge in [-0.25, -0.2) is 9.97 Å². The lowest BCUT2D eigenvalue weighted by atomic mass is 9.97. The van der Waals surface area contributed by atoms with Gasteiger partial charge in [-0.05, 0) is 43.0 Å². The summed E-state index contributed by atoms with van der Waals surface area (Å²) in [5, 5.41) is 0. The van der Waals surface area contributed by atoms with E-state index in [1.807, 2.05) is 30.9 Å². The highest BCUT2D eigenvalue weighted by molar-refractivity contribution is 5.40. The van der Waals surface area contributed by atoms with Crippen molar-refractivity contribution in [3.63, 3.8) is 0 Å². The number of anilines is 1. The lowest BCUT2D eigenvalue weighted by molar-refractivity contribution is 0.474. The Hall–Kier alpha value is -2.69. The summed E-state index contributed by atoms with van der Waals surface area (Å²) in [6, 6.07) is 8.35. The highest BCUT2D eigenvalue weighted by Gasteiger charge is 2.25. The van der Waals surface area contributed by atoms with Gasteiger partial charge in [0.1, 0.15) is 11.6 Å². The molecule has 0 aliphatic carbocycles. The lowest BCUT2D eigenvalue weighted by Crippen LogP contribution is -2.36. The van der Waals surface area contributed by atoms with Crippen LogP contribution >= 0.6 is 0 Å². The van der Waals surface area contributed by atoms with Gasteiger partial charge in [0.2, 0.25) is 0 Å². The Morgan fingerprint density at radius 2 is 2.08 bits per heavy atom. The van der Waals surface area contributed by atoms with Crippen molar-refractivity contribution in [3.8, 4) is 0 Å². The minimum atomic E-state index is 0.434. The maximum absolute atomic E-state index is 4.67. The number of aryl methyl sites for hydroxylation is 1. The van der Waals surface area contributed by atoms with Gasteiger partial charge in [-0.15, -0.1) is 0 Å². The van der Waals surface area contributed by atoms with Crippen LogP contribution in [0.15, 0.2) is 55.2 Å². The van der Waals surface area contributed by atoms with Crippen molar-refractivity contribution in [1.29, 1.82) is 0 Å². The molecule has 25 heavy (non-hydrogen) atoms. The van der Waals surface area contributed by atoms with E-state index >= 15 is 0 Å². The second-order valence-corrected chi connectivity index (χ2v) is 6.75. The fourth-order valence-corrected chi connectivity index (χ4v) is 3.55. The molecule has 3 aromatic rings. The van der Waals surface area contributed by atoms with Crippen LogP contribution in [0.1, 0.15) is 35.7 Å². The first-order valence-corrected chi connectivity index (χ1v) is 8.87. The standard InChI is InChI=1S/C20H23N5/c1-16-6-7-19(23-12-16)24-10-3-5-18(15-24)20-22-9-11-25(20)14-17-4-2-8-21-13-17/h2,4,6-9,11-13,18H,3,5,10,14-15H2,1H3. The van der Waals surface area contributed by atoms with Crippen LogP contribution in [-0.2, 0) is 6.54 Å². The zero-order valence-electron chi connectivity index (χ0n) is 14.5. The van der Waals surface area contributed by atoms with Crippen molar-refractivity contribution < 1.29 is 0 Å². The molecule has 0 bridgehead atoms. The van der Waals surface area contributed by atoms with Gasteiger partial charge in [0.15, 0.2) is 0 Å². The minimum absolute atomic E-state index is 0.434. The van der Waals surface area contributed by atoms with Crippen molar-refractivity contribution in [2.75, 3.05) is 18.0 Å². The summed E-state index contributed by atoms with van der Waals surface area (Å²) in [6.07, 6.45) is 12.0. The number of hydrogen-bond acceptors (Lipinski definition) is 4. The Labute approximate surface area is 148 Å². The number of rotatable bonds is 4. The fourth-order valence-electron chi connectivity index (χ4n) is 3.55. The summed E-state index contributed by atoms with van der Waals surface area (Å²) in [6.45, 7) is 4.93. The van der Waals surface area contributed by atoms with E-state index in [1.165, 1.54) is 29.8 Å². The first kappa shape index (κ1) is 15.8. The molecule has 4 heterocycles. The molecule has 1 fully saturated rings. The summed E-state index contributed by atoms with van der Waals surface area (Å²) in [7, 11) is 0. The first-order chi connectivity index (χ1) is 12.3. The quantitative estimate of drug-likeness (QED) is 0.734. The molecule has 0 spiro atoms. The minimum Gasteiger partial charge on any atom is -0.356 e. The highest BCUT2D eigenvalue weighted by Crippen LogP contribution is 2.28. The van der Waals surface area contributed by atoms with Gasteiger partial charge in [0, 0.05) is 50.0 Å². The number of nitrogens with zero attached hydrogens (tertiary/aromatic N) is 5. The Balaban J connectivity index is 1.52. The summed E-state index contributed by atoms with van der Waals surface area (Å²) in [4.78, 5) is 15.9. The molecule has 0 saturated carbocycles. The molecule has 0 N–H and O–H groups in total. The summed E-state index contributed by atoms with van der Waals surface area (Å²) < 4.78 is 2.26. The molecule has 1 saturated heterocycles. The van der Waals surface area contributed by atoms with Crippen LogP contribution in [0.3, 0.4) is 0 Å². The molecule has 5 heteroatoms. The van der Waals surface area contributed by atoms with Gasteiger partial charge >= 0.3 is 0 Å². The van der Waals surface area contributed by atoms with Gasteiger partial charge in [-0.2, -0.15) is 0 Å². The van der Waals surface area contributed by atoms with Crippen molar-refractivity contribution >= 4 is 5.82 Å². The molecule has 1 aliphatic rings. The molecule has 128 valence electrons. The molecule has 0 amide bonds. The van der Waals surface area contributed by atoms with E-state index in [4.69, 9.17) is 0 Å². The normalized spacial score (nSPS) is 17.6. The van der Waals surface area contributed by atoms with E-state index < -0.39 is 0 Å². The Morgan fingerprint density at radius 1 is 1.12 bits per heavy atom. The molecule has 3 aromatic heterocycles. The summed E-state index contributed by atoms with van der Waals surface area (Å²) in [5.41, 5.74) is 2.40. The number of imidazole rings is 1. The number of piperidine rings is 1. The third-order valence-electron chi connectivity index (χ3n) is 4.83. The largest absolute Gasteiger partial charge is 0.356 e. The molecule has 1 unspecified atom stereocenters. The Bertz CT molecular complexity index is 810. The maximum Gasteiger partial charge on any atom is 0.128 e. The van der Waals surface area contributed by atoms with Gasteiger partial charge in [-0.3, -0.25) is 4.98 Å². The molecule has 4 rings (SSSR count). The molecular weight excluding hydrogens is 310 g/mol. The predicted octanol–water partition coefficient (Wildman–Crippen LogP) is 3.41. The Morgan fingerprint density at radius 3 is 2.88 bits per heavy atom. The van der Waals surface area contributed by atoms with E-state index in [0.717, 1.165) is 25.5 Å². The van der Waals surface area contributed by atoms with Crippen LogP contribution in [0.2, 0.25) is 0 Å². The van der Waals surface area contributed by atoms with E-state index in [2.05, 4.69) is 55.7 Å². The number of pyridine rings is 2. The van der Waals surface area contributed by atoms with Gasteiger partial charge in [-0.1, -0.05) is 12.1 Å². The average molecular weight is 333 g/mol. The molecule has 1 atom stereocenters. The van der Waals surface area contributed by atoms with E-state index in [0.29, 0.717) is 5.92 Å². The zero-order chi connectivity index (χ0) is 17.1. The van der Waals surface area contributed by atoms with E-state index in [-0.39, 0.29) is 0 Å². The second-order valence-electron chi connectivity index (χ2n) is 6.75. The second kappa shape index (κ2) is 7.05. The smallest absolute Gasteiger partial charge is 0.128 e. The third-order valence-corrected chi connectivity index (χ3v) is 4.83. The monoisotopic (exact) mass is 333 g/mol.